The van der Waals surface area contributed by atoms with E-state index in [1.54, 1.807) is 6.33 Å². The molecule has 2 aromatic heterocycles. The van der Waals surface area contributed by atoms with E-state index in [0.717, 1.165) is 43.0 Å². The highest BCUT2D eigenvalue weighted by atomic mass is 15.3. The molecule has 23 heavy (non-hydrogen) atoms. The van der Waals surface area contributed by atoms with Crippen molar-refractivity contribution in [3.63, 3.8) is 0 Å². The Hall–Kier alpha value is -2.01. The number of rotatable bonds is 3. The van der Waals surface area contributed by atoms with Gasteiger partial charge in [0.15, 0.2) is 0 Å². The molecule has 0 amide bonds. The molecular formula is C18H23N5. The van der Waals surface area contributed by atoms with Gasteiger partial charge < -0.3 is 4.90 Å². The maximum absolute atomic E-state index is 4.53. The first kappa shape index (κ1) is 14.6. The first-order valence-corrected chi connectivity index (χ1v) is 8.35. The standard InChI is InChI=1S/C18H23N5/c1-13-14(2)20-12-21-18(13)23-10-16-8-22(9-17(16)11-23)7-15-4-3-5-19-6-15/h3-6,12,16-17H,7-11H2,1-2H3. The minimum Gasteiger partial charge on any atom is -0.356 e. The van der Waals surface area contributed by atoms with Crippen LogP contribution < -0.4 is 4.90 Å². The third kappa shape index (κ3) is 2.81. The van der Waals surface area contributed by atoms with Gasteiger partial charge in [0, 0.05) is 56.4 Å². The molecule has 2 saturated heterocycles. The molecule has 0 saturated carbocycles. The molecule has 0 N–H and O–H groups in total. The second kappa shape index (κ2) is 5.89. The molecule has 0 radical (unpaired) electrons. The van der Waals surface area contributed by atoms with Crippen molar-refractivity contribution in [3.05, 3.63) is 47.7 Å². The monoisotopic (exact) mass is 309 g/mol. The Bertz CT molecular complexity index is 673. The quantitative estimate of drug-likeness (QED) is 0.868. The van der Waals surface area contributed by atoms with Crippen molar-refractivity contribution in [2.75, 3.05) is 31.1 Å². The van der Waals surface area contributed by atoms with Crippen LogP contribution in [0.1, 0.15) is 16.8 Å². The first-order valence-electron chi connectivity index (χ1n) is 8.35. The van der Waals surface area contributed by atoms with Crippen LogP contribution in [0.2, 0.25) is 0 Å². The second-order valence-electron chi connectivity index (χ2n) is 6.89. The van der Waals surface area contributed by atoms with Gasteiger partial charge in [-0.15, -0.1) is 0 Å². The van der Waals surface area contributed by atoms with Crippen LogP contribution >= 0.6 is 0 Å². The molecule has 2 aromatic rings. The van der Waals surface area contributed by atoms with Crippen LogP contribution in [-0.4, -0.2) is 46.0 Å². The fourth-order valence-electron chi connectivity index (χ4n) is 3.99. The van der Waals surface area contributed by atoms with Gasteiger partial charge in [-0.2, -0.15) is 0 Å². The zero-order valence-corrected chi connectivity index (χ0v) is 13.8. The van der Waals surface area contributed by atoms with Crippen LogP contribution in [0, 0.1) is 25.7 Å². The van der Waals surface area contributed by atoms with Crippen LogP contribution in [0.25, 0.3) is 0 Å². The van der Waals surface area contributed by atoms with Gasteiger partial charge in [0.1, 0.15) is 12.1 Å². The topological polar surface area (TPSA) is 45.2 Å². The van der Waals surface area contributed by atoms with Crippen molar-refractivity contribution in [3.8, 4) is 0 Å². The Kier molecular flexibility index (Phi) is 3.73. The van der Waals surface area contributed by atoms with E-state index in [4.69, 9.17) is 0 Å². The van der Waals surface area contributed by atoms with Crippen LogP contribution in [0.15, 0.2) is 30.9 Å². The van der Waals surface area contributed by atoms with Crippen molar-refractivity contribution in [2.45, 2.75) is 20.4 Å². The number of pyridine rings is 1. The largest absolute Gasteiger partial charge is 0.356 e. The summed E-state index contributed by atoms with van der Waals surface area (Å²) in [6.07, 6.45) is 5.51. The Morgan fingerprint density at radius 1 is 1.09 bits per heavy atom. The highest BCUT2D eigenvalue weighted by molar-refractivity contribution is 5.48. The Morgan fingerprint density at radius 3 is 2.57 bits per heavy atom. The zero-order chi connectivity index (χ0) is 15.8. The van der Waals surface area contributed by atoms with Crippen LogP contribution in [0.4, 0.5) is 5.82 Å². The molecule has 0 aromatic carbocycles. The summed E-state index contributed by atoms with van der Waals surface area (Å²) in [5.41, 5.74) is 3.62. The average molecular weight is 309 g/mol. The van der Waals surface area contributed by atoms with Crippen molar-refractivity contribution < 1.29 is 0 Å². The predicted molar refractivity (Wildman–Crippen MR) is 90.2 cm³/mol. The lowest BCUT2D eigenvalue weighted by atomic mass is 10.0. The summed E-state index contributed by atoms with van der Waals surface area (Å²) in [5.74, 6) is 2.63. The molecule has 4 heterocycles. The van der Waals surface area contributed by atoms with Gasteiger partial charge >= 0.3 is 0 Å². The van der Waals surface area contributed by atoms with Gasteiger partial charge in [0.05, 0.1) is 0 Å². The summed E-state index contributed by atoms with van der Waals surface area (Å²) >= 11 is 0. The molecule has 0 aliphatic carbocycles. The highest BCUT2D eigenvalue weighted by Gasteiger charge is 2.40. The first-order chi connectivity index (χ1) is 11.2. The van der Waals surface area contributed by atoms with E-state index in [2.05, 4.69) is 44.7 Å². The van der Waals surface area contributed by atoms with Gasteiger partial charge in [-0.05, 0) is 37.3 Å². The average Bonchev–Trinajstić information content (AvgIpc) is 3.09. The number of hydrogen-bond donors (Lipinski definition) is 0. The maximum Gasteiger partial charge on any atom is 0.135 e. The number of aromatic nitrogens is 3. The van der Waals surface area contributed by atoms with E-state index in [1.807, 2.05) is 18.5 Å². The van der Waals surface area contributed by atoms with Gasteiger partial charge in [-0.1, -0.05) is 6.07 Å². The van der Waals surface area contributed by atoms with E-state index in [-0.39, 0.29) is 0 Å². The van der Waals surface area contributed by atoms with Gasteiger partial charge in [-0.3, -0.25) is 9.88 Å². The molecule has 0 bridgehead atoms. The lowest BCUT2D eigenvalue weighted by Crippen LogP contribution is -2.29. The minimum absolute atomic E-state index is 0.751. The molecule has 2 unspecified atom stereocenters. The smallest absolute Gasteiger partial charge is 0.135 e. The third-order valence-corrected chi connectivity index (χ3v) is 5.30. The summed E-state index contributed by atoms with van der Waals surface area (Å²) in [6, 6.07) is 4.19. The molecule has 2 atom stereocenters. The van der Waals surface area contributed by atoms with Gasteiger partial charge in [-0.25, -0.2) is 9.97 Å². The summed E-state index contributed by atoms with van der Waals surface area (Å²) in [7, 11) is 0. The maximum atomic E-state index is 4.53. The molecule has 2 aliphatic heterocycles. The fourth-order valence-corrected chi connectivity index (χ4v) is 3.99. The number of hydrogen-bond acceptors (Lipinski definition) is 5. The summed E-state index contributed by atoms with van der Waals surface area (Å²) in [6.45, 7) is 9.81. The Balaban J connectivity index is 1.41. The minimum atomic E-state index is 0.751. The van der Waals surface area contributed by atoms with Crippen LogP contribution in [0.3, 0.4) is 0 Å². The molecule has 2 aliphatic rings. The van der Waals surface area contributed by atoms with Crippen molar-refractivity contribution >= 4 is 5.82 Å². The Morgan fingerprint density at radius 2 is 1.87 bits per heavy atom. The molecule has 2 fully saturated rings. The number of nitrogens with zero attached hydrogens (tertiary/aromatic N) is 5. The van der Waals surface area contributed by atoms with Crippen molar-refractivity contribution in [1.29, 1.82) is 0 Å². The number of anilines is 1. The molecule has 4 rings (SSSR count). The molecule has 120 valence electrons. The second-order valence-corrected chi connectivity index (χ2v) is 6.89. The third-order valence-electron chi connectivity index (χ3n) is 5.30. The lowest BCUT2D eigenvalue weighted by molar-refractivity contribution is 0.308. The van der Waals surface area contributed by atoms with Crippen LogP contribution in [0.5, 0.6) is 0 Å². The van der Waals surface area contributed by atoms with E-state index < -0.39 is 0 Å². The predicted octanol–water partition coefficient (Wildman–Crippen LogP) is 2.06. The van der Waals surface area contributed by atoms with E-state index in [9.17, 15) is 0 Å². The SMILES string of the molecule is Cc1ncnc(N2CC3CN(Cc4cccnc4)CC3C2)c1C. The van der Waals surface area contributed by atoms with E-state index in [0.29, 0.717) is 0 Å². The highest BCUT2D eigenvalue weighted by Crippen LogP contribution is 2.35. The van der Waals surface area contributed by atoms with Gasteiger partial charge in [0.25, 0.3) is 0 Å². The molecular weight excluding hydrogens is 286 g/mol. The van der Waals surface area contributed by atoms with Crippen molar-refractivity contribution in [1.82, 2.24) is 19.9 Å². The normalized spacial score (nSPS) is 24.2. The Labute approximate surface area is 137 Å². The van der Waals surface area contributed by atoms with Gasteiger partial charge in [0.2, 0.25) is 0 Å². The summed E-state index contributed by atoms with van der Waals surface area (Å²) in [4.78, 5) is 18.1. The molecule has 0 spiro atoms. The number of fused-ring (bicyclic) bond motifs is 1. The van der Waals surface area contributed by atoms with E-state index in [1.165, 1.54) is 24.2 Å². The number of aryl methyl sites for hydroxylation is 1. The zero-order valence-electron chi connectivity index (χ0n) is 13.8. The summed E-state index contributed by atoms with van der Waals surface area (Å²) < 4.78 is 0. The molecule has 5 nitrogen and oxygen atoms in total. The summed E-state index contributed by atoms with van der Waals surface area (Å²) in [5, 5.41) is 0. The van der Waals surface area contributed by atoms with Crippen molar-refractivity contribution in [2.24, 2.45) is 11.8 Å². The van der Waals surface area contributed by atoms with Crippen LogP contribution in [-0.2, 0) is 6.54 Å². The number of likely N-dealkylation sites (tertiary alicyclic amines) is 1. The lowest BCUT2D eigenvalue weighted by Gasteiger charge is -2.23. The molecule has 5 heteroatoms. The fraction of sp³-hybridized carbons (Fsp3) is 0.500. The van der Waals surface area contributed by atoms with E-state index >= 15 is 0 Å².